The number of aryl methyl sites for hydroxylation is 1. The fourth-order valence-corrected chi connectivity index (χ4v) is 0.869. The van der Waals surface area contributed by atoms with Crippen molar-refractivity contribution in [1.29, 1.82) is 0 Å². The van der Waals surface area contributed by atoms with Gasteiger partial charge in [0.25, 0.3) is 5.91 Å². The monoisotopic (exact) mass is 181 g/mol. The van der Waals surface area contributed by atoms with Gasteiger partial charge < -0.3 is 9.73 Å². The minimum atomic E-state index is -0.285. The van der Waals surface area contributed by atoms with Gasteiger partial charge in [0.1, 0.15) is 17.8 Å². The van der Waals surface area contributed by atoms with Gasteiger partial charge >= 0.3 is 0 Å². The predicted molar refractivity (Wildman–Crippen MR) is 46.5 cm³/mol. The van der Waals surface area contributed by atoms with Crippen LogP contribution in [0.25, 0.3) is 0 Å². The van der Waals surface area contributed by atoms with Crippen LogP contribution in [0.1, 0.15) is 23.0 Å². The lowest BCUT2D eigenvalue weighted by atomic mass is 10.3. The van der Waals surface area contributed by atoms with Crippen molar-refractivity contribution < 1.29 is 14.0 Å². The normalized spacial score (nSPS) is 9.69. The molecular formula is C9H11NO3. The third-order valence-electron chi connectivity index (χ3n) is 1.49. The molecule has 0 saturated carbocycles. The highest BCUT2D eigenvalue weighted by atomic mass is 16.3. The Morgan fingerprint density at radius 2 is 2.23 bits per heavy atom. The van der Waals surface area contributed by atoms with Crippen LogP contribution >= 0.6 is 0 Å². The Morgan fingerprint density at radius 1 is 1.54 bits per heavy atom. The average molecular weight is 181 g/mol. The summed E-state index contributed by atoms with van der Waals surface area (Å²) in [6.45, 7) is 3.23. The van der Waals surface area contributed by atoms with E-state index in [2.05, 4.69) is 5.32 Å². The highest BCUT2D eigenvalue weighted by Gasteiger charge is 2.07. The molecule has 70 valence electrons. The predicted octanol–water partition coefficient (Wildman–Crippen LogP) is 0.907. The summed E-state index contributed by atoms with van der Waals surface area (Å²) in [6, 6.07) is 1.62. The van der Waals surface area contributed by atoms with Crippen LogP contribution < -0.4 is 5.32 Å². The van der Waals surface area contributed by atoms with Crippen LogP contribution in [0, 0.1) is 6.92 Å². The lowest BCUT2D eigenvalue weighted by molar-refractivity contribution is -0.116. The van der Waals surface area contributed by atoms with Gasteiger partial charge in [0.2, 0.25) is 0 Å². The van der Waals surface area contributed by atoms with Crippen LogP contribution in [0.15, 0.2) is 16.7 Å². The second-order valence-electron chi connectivity index (χ2n) is 2.83. The Balaban J connectivity index is 2.54. The number of Topliss-reactive ketones (excluding diaryl/α,β-unsaturated/α-hetero) is 1. The molecule has 1 amide bonds. The lowest BCUT2D eigenvalue weighted by Gasteiger charge is -1.98. The largest absolute Gasteiger partial charge is 0.469 e. The van der Waals surface area contributed by atoms with E-state index in [0.717, 1.165) is 0 Å². The fraction of sp³-hybridized carbons (Fsp3) is 0.333. The van der Waals surface area contributed by atoms with Gasteiger partial charge in [0, 0.05) is 0 Å². The van der Waals surface area contributed by atoms with Crippen molar-refractivity contribution in [2.75, 3.05) is 6.54 Å². The summed E-state index contributed by atoms with van der Waals surface area (Å²) < 4.78 is 4.95. The van der Waals surface area contributed by atoms with E-state index in [1.807, 2.05) is 0 Å². The first-order chi connectivity index (χ1) is 6.09. The van der Waals surface area contributed by atoms with Crippen molar-refractivity contribution >= 4 is 11.7 Å². The first-order valence-corrected chi connectivity index (χ1v) is 3.92. The molecule has 1 heterocycles. The summed E-state index contributed by atoms with van der Waals surface area (Å²) in [4.78, 5) is 21.8. The average Bonchev–Trinajstić information content (AvgIpc) is 2.47. The standard InChI is InChI=1S/C9H11NO3/c1-6(11)4-10-9(12)8-3-7(2)13-5-8/h3,5H,4H2,1-2H3,(H,10,12). The maximum Gasteiger partial charge on any atom is 0.254 e. The number of carbonyl (C=O) groups excluding carboxylic acids is 2. The number of carbonyl (C=O) groups is 2. The number of rotatable bonds is 3. The number of hydrogen-bond acceptors (Lipinski definition) is 3. The van der Waals surface area contributed by atoms with Crippen molar-refractivity contribution in [2.24, 2.45) is 0 Å². The van der Waals surface area contributed by atoms with E-state index in [9.17, 15) is 9.59 Å². The van der Waals surface area contributed by atoms with Gasteiger partial charge in [-0.25, -0.2) is 0 Å². The van der Waals surface area contributed by atoms with Crippen molar-refractivity contribution in [1.82, 2.24) is 5.32 Å². The van der Waals surface area contributed by atoms with Gasteiger partial charge in [-0.2, -0.15) is 0 Å². The topological polar surface area (TPSA) is 59.3 Å². The molecule has 0 aliphatic rings. The molecule has 0 aliphatic carbocycles. The van der Waals surface area contributed by atoms with Crippen LogP contribution in [0.5, 0.6) is 0 Å². The molecule has 4 heteroatoms. The first kappa shape index (κ1) is 9.51. The Morgan fingerprint density at radius 3 is 2.69 bits per heavy atom. The van der Waals surface area contributed by atoms with Gasteiger partial charge in [-0.15, -0.1) is 0 Å². The number of nitrogens with one attached hydrogen (secondary N) is 1. The third-order valence-corrected chi connectivity index (χ3v) is 1.49. The van der Waals surface area contributed by atoms with Crippen molar-refractivity contribution in [3.05, 3.63) is 23.7 Å². The molecule has 1 rings (SSSR count). The molecule has 0 saturated heterocycles. The zero-order chi connectivity index (χ0) is 9.84. The maximum absolute atomic E-state index is 11.2. The lowest BCUT2D eigenvalue weighted by Crippen LogP contribution is -2.27. The highest BCUT2D eigenvalue weighted by Crippen LogP contribution is 2.05. The Kier molecular flexibility index (Phi) is 2.84. The zero-order valence-electron chi connectivity index (χ0n) is 7.59. The fourth-order valence-electron chi connectivity index (χ4n) is 0.869. The van der Waals surface area contributed by atoms with Crippen molar-refractivity contribution in [3.8, 4) is 0 Å². The van der Waals surface area contributed by atoms with Crippen molar-refractivity contribution in [3.63, 3.8) is 0 Å². The van der Waals surface area contributed by atoms with Gasteiger partial charge in [0.05, 0.1) is 12.1 Å². The van der Waals surface area contributed by atoms with Gasteiger partial charge in [-0.3, -0.25) is 9.59 Å². The van der Waals surface area contributed by atoms with Crippen LogP contribution in [-0.2, 0) is 4.79 Å². The van der Waals surface area contributed by atoms with Crippen LogP contribution in [0.3, 0.4) is 0 Å². The number of furan rings is 1. The second kappa shape index (κ2) is 3.89. The smallest absolute Gasteiger partial charge is 0.254 e. The molecule has 0 unspecified atom stereocenters. The molecule has 1 aromatic rings. The van der Waals surface area contributed by atoms with Crippen LogP contribution in [0.4, 0.5) is 0 Å². The SMILES string of the molecule is CC(=O)CNC(=O)c1coc(C)c1. The van der Waals surface area contributed by atoms with Gasteiger partial charge in [-0.1, -0.05) is 0 Å². The maximum atomic E-state index is 11.2. The molecule has 13 heavy (non-hydrogen) atoms. The summed E-state index contributed by atoms with van der Waals surface area (Å²) in [7, 11) is 0. The summed E-state index contributed by atoms with van der Waals surface area (Å²) >= 11 is 0. The molecule has 1 N–H and O–H groups in total. The molecule has 0 aliphatic heterocycles. The minimum Gasteiger partial charge on any atom is -0.469 e. The van der Waals surface area contributed by atoms with E-state index >= 15 is 0 Å². The van der Waals surface area contributed by atoms with Crippen LogP contribution in [0.2, 0.25) is 0 Å². The van der Waals surface area contributed by atoms with E-state index in [1.165, 1.54) is 13.2 Å². The van der Waals surface area contributed by atoms with E-state index in [1.54, 1.807) is 13.0 Å². The van der Waals surface area contributed by atoms with Gasteiger partial charge in [0.15, 0.2) is 0 Å². The first-order valence-electron chi connectivity index (χ1n) is 3.92. The Hall–Kier alpha value is -1.58. The molecule has 0 atom stereocenters. The van der Waals surface area contributed by atoms with E-state index in [0.29, 0.717) is 11.3 Å². The molecular weight excluding hydrogens is 170 g/mol. The molecule has 1 aromatic heterocycles. The van der Waals surface area contributed by atoms with Crippen molar-refractivity contribution in [2.45, 2.75) is 13.8 Å². The number of hydrogen-bond donors (Lipinski definition) is 1. The summed E-state index contributed by atoms with van der Waals surface area (Å²) in [6.07, 6.45) is 1.37. The second-order valence-corrected chi connectivity index (χ2v) is 2.83. The Bertz CT molecular complexity index is 327. The molecule has 0 aromatic carbocycles. The molecule has 0 bridgehead atoms. The Labute approximate surface area is 75.9 Å². The molecule has 0 radical (unpaired) electrons. The van der Waals surface area contributed by atoms with E-state index in [-0.39, 0.29) is 18.2 Å². The molecule has 0 spiro atoms. The summed E-state index contributed by atoms with van der Waals surface area (Å²) in [5, 5.41) is 2.46. The molecule has 4 nitrogen and oxygen atoms in total. The summed E-state index contributed by atoms with van der Waals surface area (Å²) in [5.41, 5.74) is 0.443. The molecule has 0 fully saturated rings. The highest BCUT2D eigenvalue weighted by molar-refractivity contribution is 5.96. The van der Waals surface area contributed by atoms with Gasteiger partial charge in [-0.05, 0) is 19.9 Å². The van der Waals surface area contributed by atoms with E-state index < -0.39 is 0 Å². The van der Waals surface area contributed by atoms with E-state index in [4.69, 9.17) is 4.42 Å². The summed E-state index contributed by atoms with van der Waals surface area (Å²) in [5.74, 6) is 0.314. The quantitative estimate of drug-likeness (QED) is 0.753. The number of amides is 1. The third kappa shape index (κ3) is 2.74. The minimum absolute atomic E-state index is 0.0586. The van der Waals surface area contributed by atoms with Crippen LogP contribution in [-0.4, -0.2) is 18.2 Å². The number of ketones is 1. The zero-order valence-corrected chi connectivity index (χ0v) is 7.59.